The highest BCUT2D eigenvalue weighted by molar-refractivity contribution is 7.71. The summed E-state index contributed by atoms with van der Waals surface area (Å²) in [7, 11) is 0. The van der Waals surface area contributed by atoms with Gasteiger partial charge in [-0.1, -0.05) is 0 Å². The molecular weight excluding hydrogens is 348 g/mol. The van der Waals surface area contributed by atoms with Crippen LogP contribution in [0.15, 0.2) is 18.3 Å². The van der Waals surface area contributed by atoms with Crippen LogP contribution < -0.4 is 10.5 Å². The molecule has 9 heteroatoms. The molecule has 2 aromatic rings. The minimum atomic E-state index is -1.13. The van der Waals surface area contributed by atoms with Gasteiger partial charge < -0.3 is 25.1 Å². The number of imidazole rings is 1. The first-order chi connectivity index (χ1) is 10.5. The second-order valence-electron chi connectivity index (χ2n) is 5.12. The van der Waals surface area contributed by atoms with Gasteiger partial charge in [0.05, 0.1) is 0 Å². The molecule has 0 saturated heterocycles. The number of hydrogen-bond acceptors (Lipinski definition) is 4. The number of nitrogens with one attached hydrogen (secondary N) is 1. The van der Waals surface area contributed by atoms with E-state index >= 15 is 0 Å². The maximum Gasteiger partial charge on any atom is 0.177 e. The monoisotopic (exact) mass is 363 g/mol. The number of aliphatic hydroxyl groups is 1. The number of ether oxygens (including phenoxy) is 1. The van der Waals surface area contributed by atoms with Crippen molar-refractivity contribution >= 4 is 24.6 Å². The highest BCUT2D eigenvalue weighted by Gasteiger charge is 2.34. The van der Waals surface area contributed by atoms with E-state index in [1.807, 2.05) is 0 Å². The van der Waals surface area contributed by atoms with Crippen molar-refractivity contribution in [3.05, 3.63) is 46.0 Å². The van der Waals surface area contributed by atoms with Crippen LogP contribution in [0.5, 0.6) is 5.75 Å². The number of aliphatic hydroxyl groups excluding tert-OH is 1. The molecule has 3 rings (SSSR count). The minimum absolute atomic E-state index is 0. The van der Waals surface area contributed by atoms with E-state index in [4.69, 9.17) is 22.7 Å². The molecule has 2 atom stereocenters. The average molecular weight is 364 g/mol. The Bertz CT molecular complexity index is 765. The van der Waals surface area contributed by atoms with Crippen molar-refractivity contribution < 1.29 is 18.6 Å². The van der Waals surface area contributed by atoms with E-state index in [2.05, 4.69) is 4.98 Å². The zero-order valence-electron chi connectivity index (χ0n) is 12.0. The Morgan fingerprint density at radius 2 is 2.17 bits per heavy atom. The fraction of sp³-hybridized carbons (Fsp3) is 0.357. The second kappa shape index (κ2) is 6.96. The number of nitrogens with two attached hydrogens (primary N) is 1. The first-order valence-corrected chi connectivity index (χ1v) is 7.22. The van der Waals surface area contributed by atoms with Crippen LogP contribution in [0, 0.1) is 16.4 Å². The third-order valence-corrected chi connectivity index (χ3v) is 4.06. The summed E-state index contributed by atoms with van der Waals surface area (Å²) in [6.07, 6.45) is 1.14. The zero-order valence-corrected chi connectivity index (χ0v) is 13.6. The number of hydrogen-bond donors (Lipinski definition) is 3. The summed E-state index contributed by atoms with van der Waals surface area (Å²) in [6.45, 7) is 0.441. The normalized spacial score (nSPS) is 19.7. The molecule has 1 aliphatic heterocycles. The number of halogens is 3. The molecule has 0 unspecified atom stereocenters. The van der Waals surface area contributed by atoms with Gasteiger partial charge in [0.1, 0.15) is 24.6 Å². The van der Waals surface area contributed by atoms with Gasteiger partial charge in [-0.25, -0.2) is 8.78 Å². The number of nitrogens with zero attached hydrogens (tertiary/aromatic N) is 1. The molecule has 23 heavy (non-hydrogen) atoms. The maximum atomic E-state index is 13.7. The lowest BCUT2D eigenvalue weighted by Crippen LogP contribution is -2.31. The molecule has 1 aromatic carbocycles. The van der Waals surface area contributed by atoms with Crippen LogP contribution in [0.4, 0.5) is 8.78 Å². The number of H-pyrrole nitrogens is 1. The lowest BCUT2D eigenvalue weighted by atomic mass is 9.98. The molecule has 0 saturated carbocycles. The van der Waals surface area contributed by atoms with E-state index in [1.54, 1.807) is 10.8 Å². The van der Waals surface area contributed by atoms with E-state index in [1.165, 1.54) is 0 Å². The van der Waals surface area contributed by atoms with Crippen molar-refractivity contribution in [3.63, 3.8) is 0 Å². The Morgan fingerprint density at radius 1 is 1.43 bits per heavy atom. The SMILES string of the molecule is Cl.NCCc1c[nH]c(=S)n1[C@H]1COc2c(F)cc(F)cc2[C@@H]1O. The van der Waals surface area contributed by atoms with Crippen LogP contribution in [0.1, 0.15) is 23.4 Å². The van der Waals surface area contributed by atoms with Gasteiger partial charge in [-0.15, -0.1) is 12.4 Å². The maximum absolute atomic E-state index is 13.7. The predicted octanol–water partition coefficient (Wildman–Crippen LogP) is 2.41. The first-order valence-electron chi connectivity index (χ1n) is 6.81. The fourth-order valence-corrected chi connectivity index (χ4v) is 3.07. The summed E-state index contributed by atoms with van der Waals surface area (Å²) in [5.74, 6) is -1.71. The Labute approximate surface area is 142 Å². The van der Waals surface area contributed by atoms with Gasteiger partial charge in [-0.2, -0.15) is 0 Å². The van der Waals surface area contributed by atoms with Crippen LogP contribution in [-0.2, 0) is 6.42 Å². The fourth-order valence-electron chi connectivity index (χ4n) is 2.75. The van der Waals surface area contributed by atoms with Crippen molar-refractivity contribution in [3.8, 4) is 5.75 Å². The van der Waals surface area contributed by atoms with Gasteiger partial charge in [-0.05, 0) is 24.8 Å². The second-order valence-corrected chi connectivity index (χ2v) is 5.51. The summed E-state index contributed by atoms with van der Waals surface area (Å²) in [6, 6.07) is 1.23. The van der Waals surface area contributed by atoms with E-state index in [9.17, 15) is 13.9 Å². The summed E-state index contributed by atoms with van der Waals surface area (Å²) in [5.41, 5.74) is 6.45. The molecule has 0 amide bonds. The highest BCUT2D eigenvalue weighted by Crippen LogP contribution is 2.40. The first kappa shape index (κ1) is 17.9. The largest absolute Gasteiger partial charge is 0.488 e. The van der Waals surface area contributed by atoms with E-state index in [0.29, 0.717) is 17.7 Å². The van der Waals surface area contributed by atoms with Crippen molar-refractivity contribution in [2.75, 3.05) is 13.2 Å². The van der Waals surface area contributed by atoms with Gasteiger partial charge in [0, 0.05) is 29.9 Å². The molecule has 2 heterocycles. The topological polar surface area (TPSA) is 76.2 Å². The molecule has 4 N–H and O–H groups in total. The van der Waals surface area contributed by atoms with Crippen molar-refractivity contribution in [1.82, 2.24) is 9.55 Å². The molecule has 0 fully saturated rings. The number of rotatable bonds is 3. The van der Waals surface area contributed by atoms with E-state index < -0.39 is 23.8 Å². The Balaban J connectivity index is 0.00000192. The van der Waals surface area contributed by atoms with Crippen molar-refractivity contribution in [2.24, 2.45) is 5.73 Å². The minimum Gasteiger partial charge on any atom is -0.488 e. The Kier molecular flexibility index (Phi) is 5.41. The summed E-state index contributed by atoms with van der Waals surface area (Å²) >= 11 is 5.22. The highest BCUT2D eigenvalue weighted by atomic mass is 35.5. The number of fused-ring (bicyclic) bond motifs is 1. The average Bonchev–Trinajstić information content (AvgIpc) is 2.82. The number of aromatic amines is 1. The molecule has 5 nitrogen and oxygen atoms in total. The predicted molar refractivity (Wildman–Crippen MR) is 85.5 cm³/mol. The molecule has 1 aliphatic rings. The van der Waals surface area contributed by atoms with E-state index in [-0.39, 0.29) is 30.3 Å². The van der Waals surface area contributed by atoms with Gasteiger partial charge in [0.25, 0.3) is 0 Å². The van der Waals surface area contributed by atoms with Gasteiger partial charge in [0.2, 0.25) is 0 Å². The van der Waals surface area contributed by atoms with Crippen molar-refractivity contribution in [1.29, 1.82) is 0 Å². The lowest BCUT2D eigenvalue weighted by molar-refractivity contribution is 0.0520. The summed E-state index contributed by atoms with van der Waals surface area (Å²) in [5, 5.41) is 10.5. The number of aromatic nitrogens is 2. The summed E-state index contributed by atoms with van der Waals surface area (Å²) in [4.78, 5) is 2.89. The van der Waals surface area contributed by atoms with E-state index in [0.717, 1.165) is 17.8 Å². The molecule has 0 aliphatic carbocycles. The molecule has 1 aromatic heterocycles. The van der Waals surface area contributed by atoms with Crippen LogP contribution in [0.2, 0.25) is 0 Å². The van der Waals surface area contributed by atoms with Crippen LogP contribution in [0.3, 0.4) is 0 Å². The Morgan fingerprint density at radius 3 is 2.87 bits per heavy atom. The van der Waals surface area contributed by atoms with Gasteiger partial charge >= 0.3 is 0 Å². The standard InChI is InChI=1S/C14H15F2N3O2S.ClH/c15-7-3-9-12(20)11(6-21-13(9)10(16)4-7)19-8(1-2-17)5-18-14(19)22;/h3-5,11-12,20H,1-2,6,17H2,(H,18,22);1H/t11-,12-;/m0./s1. The van der Waals surface area contributed by atoms with Crippen molar-refractivity contribution in [2.45, 2.75) is 18.6 Å². The molecule has 0 radical (unpaired) electrons. The zero-order chi connectivity index (χ0) is 15.9. The molecular formula is C14H16ClF2N3O2S. The lowest BCUT2D eigenvalue weighted by Gasteiger charge is -2.32. The quantitative estimate of drug-likeness (QED) is 0.732. The Hall–Kier alpha value is -1.48. The number of benzene rings is 1. The smallest absolute Gasteiger partial charge is 0.177 e. The van der Waals surface area contributed by atoms with Gasteiger partial charge in [0.15, 0.2) is 16.3 Å². The molecule has 0 bridgehead atoms. The third kappa shape index (κ3) is 3.12. The summed E-state index contributed by atoms with van der Waals surface area (Å²) < 4.78 is 34.6. The third-order valence-electron chi connectivity index (χ3n) is 3.74. The van der Waals surface area contributed by atoms with Gasteiger partial charge in [-0.3, -0.25) is 0 Å². The van der Waals surface area contributed by atoms with Crippen LogP contribution >= 0.6 is 24.6 Å². The van der Waals surface area contributed by atoms with Crippen LogP contribution in [-0.4, -0.2) is 27.8 Å². The van der Waals surface area contributed by atoms with Crippen LogP contribution in [0.25, 0.3) is 0 Å². The molecule has 126 valence electrons. The molecule has 0 spiro atoms.